The largest absolute Gasteiger partial charge is 0.393 e. The van der Waals surface area contributed by atoms with E-state index in [-0.39, 0.29) is 6.10 Å². The van der Waals surface area contributed by atoms with E-state index in [9.17, 15) is 5.11 Å². The molecule has 0 aromatic heterocycles. The first kappa shape index (κ1) is 18.3. The number of hydrogen-bond donors (Lipinski definition) is 1. The van der Waals surface area contributed by atoms with Crippen molar-refractivity contribution in [2.24, 2.45) is 46.3 Å². The third-order valence-corrected chi connectivity index (χ3v) is 10.1. The molecule has 1 N–H and O–H groups in total. The predicted octanol–water partition coefficient (Wildman–Crippen LogP) is 6.44. The van der Waals surface area contributed by atoms with Crippen LogP contribution in [0.4, 0.5) is 0 Å². The molecule has 4 aliphatic carbocycles. The molecule has 0 spiro atoms. The van der Waals surface area contributed by atoms with E-state index in [4.69, 9.17) is 0 Å². The lowest BCUT2D eigenvalue weighted by Crippen LogP contribution is -2.54. The monoisotopic (exact) mass is 346 g/mol. The highest BCUT2D eigenvalue weighted by Gasteiger charge is 2.60. The van der Waals surface area contributed by atoms with Crippen LogP contribution in [0, 0.1) is 46.3 Å². The molecule has 0 aromatic rings. The molecular formula is C24H42O. The molecule has 1 heteroatoms. The zero-order valence-corrected chi connectivity index (χ0v) is 17.3. The van der Waals surface area contributed by atoms with Crippen LogP contribution in [0.5, 0.6) is 0 Å². The van der Waals surface area contributed by atoms with Gasteiger partial charge >= 0.3 is 0 Å². The van der Waals surface area contributed by atoms with Crippen molar-refractivity contribution in [3.8, 4) is 0 Å². The van der Waals surface area contributed by atoms with E-state index >= 15 is 0 Å². The van der Waals surface area contributed by atoms with Crippen molar-refractivity contribution in [2.75, 3.05) is 0 Å². The van der Waals surface area contributed by atoms with Crippen molar-refractivity contribution in [1.29, 1.82) is 0 Å². The number of rotatable bonds is 3. The molecule has 0 radical (unpaired) electrons. The van der Waals surface area contributed by atoms with Crippen molar-refractivity contribution in [3.05, 3.63) is 0 Å². The van der Waals surface area contributed by atoms with E-state index in [0.29, 0.717) is 10.8 Å². The van der Waals surface area contributed by atoms with Gasteiger partial charge in [-0.3, -0.25) is 0 Å². The summed E-state index contributed by atoms with van der Waals surface area (Å²) in [4.78, 5) is 0. The molecule has 0 amide bonds. The fraction of sp³-hybridized carbons (Fsp3) is 1.00. The second-order valence-corrected chi connectivity index (χ2v) is 11.1. The second kappa shape index (κ2) is 6.54. The van der Waals surface area contributed by atoms with E-state index in [0.717, 1.165) is 48.3 Å². The van der Waals surface area contributed by atoms with Crippen molar-refractivity contribution >= 4 is 0 Å². The molecule has 4 aliphatic rings. The van der Waals surface area contributed by atoms with E-state index in [2.05, 4.69) is 27.7 Å². The first-order chi connectivity index (χ1) is 11.9. The lowest BCUT2D eigenvalue weighted by atomic mass is 9.44. The minimum atomic E-state index is -0.00534. The average molecular weight is 347 g/mol. The molecule has 0 bridgehead atoms. The SMILES string of the molecule is CCCC(C)C1CCC2C3CCC4C[C@H](O)CC[C@]4(C)C3CC[C@]12C. The van der Waals surface area contributed by atoms with Crippen LogP contribution in [0.1, 0.15) is 98.3 Å². The van der Waals surface area contributed by atoms with Gasteiger partial charge in [-0.15, -0.1) is 0 Å². The van der Waals surface area contributed by atoms with Gasteiger partial charge in [0.25, 0.3) is 0 Å². The summed E-state index contributed by atoms with van der Waals surface area (Å²) in [5, 5.41) is 10.2. The van der Waals surface area contributed by atoms with E-state index in [1.807, 2.05) is 0 Å². The highest BCUT2D eigenvalue weighted by Crippen LogP contribution is 2.68. The standard InChI is InChI=1S/C24H42O/c1-5-6-16(2)20-9-10-21-19-8-7-17-15-18(25)11-13-23(17,3)22(19)12-14-24(20,21)4/h16-22,25H,5-15H2,1-4H3/t16?,17?,18-,19?,20?,21?,22?,23+,24-/m1/s1. The van der Waals surface area contributed by atoms with Crippen LogP contribution in [0.25, 0.3) is 0 Å². The molecule has 0 heterocycles. The van der Waals surface area contributed by atoms with Crippen LogP contribution in [0.15, 0.2) is 0 Å². The molecule has 9 atom stereocenters. The topological polar surface area (TPSA) is 20.2 Å². The third kappa shape index (κ3) is 2.74. The molecule has 25 heavy (non-hydrogen) atoms. The summed E-state index contributed by atoms with van der Waals surface area (Å²) in [5.74, 6) is 5.66. The summed E-state index contributed by atoms with van der Waals surface area (Å²) in [6.07, 6.45) is 15.1. The zero-order chi connectivity index (χ0) is 17.8. The average Bonchev–Trinajstić information content (AvgIpc) is 2.93. The fourth-order valence-corrected chi connectivity index (χ4v) is 8.87. The summed E-state index contributed by atoms with van der Waals surface area (Å²) < 4.78 is 0. The Hall–Kier alpha value is -0.0400. The first-order valence-electron chi connectivity index (χ1n) is 11.6. The molecular weight excluding hydrogens is 304 g/mol. The van der Waals surface area contributed by atoms with Gasteiger partial charge in [0.2, 0.25) is 0 Å². The van der Waals surface area contributed by atoms with Gasteiger partial charge in [0.05, 0.1) is 6.10 Å². The van der Waals surface area contributed by atoms with Gasteiger partial charge in [0, 0.05) is 0 Å². The van der Waals surface area contributed by atoms with Crippen LogP contribution >= 0.6 is 0 Å². The Morgan fingerprint density at radius 3 is 2.40 bits per heavy atom. The second-order valence-electron chi connectivity index (χ2n) is 11.1. The predicted molar refractivity (Wildman–Crippen MR) is 105 cm³/mol. The van der Waals surface area contributed by atoms with Crippen LogP contribution < -0.4 is 0 Å². The van der Waals surface area contributed by atoms with Gasteiger partial charge in [-0.1, -0.05) is 40.5 Å². The number of fused-ring (bicyclic) bond motifs is 5. The van der Waals surface area contributed by atoms with Gasteiger partial charge in [0.1, 0.15) is 0 Å². The lowest BCUT2D eigenvalue weighted by Gasteiger charge is -2.61. The Kier molecular flexibility index (Phi) is 4.79. The van der Waals surface area contributed by atoms with E-state index in [1.54, 1.807) is 0 Å². The maximum Gasteiger partial charge on any atom is 0.0543 e. The maximum absolute atomic E-state index is 10.2. The number of hydrogen-bond acceptors (Lipinski definition) is 1. The van der Waals surface area contributed by atoms with Crippen molar-refractivity contribution < 1.29 is 5.11 Å². The Morgan fingerprint density at radius 1 is 0.920 bits per heavy atom. The number of aliphatic hydroxyl groups excluding tert-OH is 1. The number of aliphatic hydroxyl groups is 1. The van der Waals surface area contributed by atoms with Crippen LogP contribution in [-0.2, 0) is 0 Å². The molecule has 0 aliphatic heterocycles. The van der Waals surface area contributed by atoms with Gasteiger partial charge in [0.15, 0.2) is 0 Å². The minimum absolute atomic E-state index is 0.00534. The molecule has 0 saturated heterocycles. The molecule has 0 aromatic carbocycles. The molecule has 6 unspecified atom stereocenters. The van der Waals surface area contributed by atoms with Crippen LogP contribution in [0.3, 0.4) is 0 Å². The Bertz CT molecular complexity index is 486. The van der Waals surface area contributed by atoms with Gasteiger partial charge < -0.3 is 5.11 Å². The molecule has 4 saturated carbocycles. The molecule has 4 fully saturated rings. The quantitative estimate of drug-likeness (QED) is 0.623. The normalized spacial score (nSPS) is 53.6. The summed E-state index contributed by atoms with van der Waals surface area (Å²) in [6, 6.07) is 0. The maximum atomic E-state index is 10.2. The van der Waals surface area contributed by atoms with Gasteiger partial charge in [-0.05, 0) is 104 Å². The minimum Gasteiger partial charge on any atom is -0.393 e. The van der Waals surface area contributed by atoms with Gasteiger partial charge in [-0.2, -0.15) is 0 Å². The Labute approximate surface area is 156 Å². The Balaban J connectivity index is 1.56. The Morgan fingerprint density at radius 2 is 1.64 bits per heavy atom. The lowest BCUT2D eigenvalue weighted by molar-refractivity contribution is -0.129. The van der Waals surface area contributed by atoms with E-state index < -0.39 is 0 Å². The highest BCUT2D eigenvalue weighted by atomic mass is 16.3. The van der Waals surface area contributed by atoms with Crippen LogP contribution in [0.2, 0.25) is 0 Å². The van der Waals surface area contributed by atoms with Crippen molar-refractivity contribution in [2.45, 2.75) is 104 Å². The fourth-order valence-electron chi connectivity index (χ4n) is 8.87. The molecule has 144 valence electrons. The first-order valence-corrected chi connectivity index (χ1v) is 11.6. The third-order valence-electron chi connectivity index (χ3n) is 10.1. The van der Waals surface area contributed by atoms with Gasteiger partial charge in [-0.25, -0.2) is 0 Å². The summed E-state index contributed by atoms with van der Waals surface area (Å²) in [5.41, 5.74) is 1.17. The van der Waals surface area contributed by atoms with Crippen molar-refractivity contribution in [3.63, 3.8) is 0 Å². The molecule has 4 rings (SSSR count). The summed E-state index contributed by atoms with van der Waals surface area (Å²) in [7, 11) is 0. The van der Waals surface area contributed by atoms with Crippen LogP contribution in [-0.4, -0.2) is 11.2 Å². The van der Waals surface area contributed by atoms with Crippen molar-refractivity contribution in [1.82, 2.24) is 0 Å². The summed E-state index contributed by atoms with van der Waals surface area (Å²) in [6.45, 7) is 10.2. The summed E-state index contributed by atoms with van der Waals surface area (Å²) >= 11 is 0. The highest BCUT2D eigenvalue weighted by molar-refractivity contribution is 5.09. The molecule has 1 nitrogen and oxygen atoms in total. The van der Waals surface area contributed by atoms with E-state index in [1.165, 1.54) is 57.8 Å². The zero-order valence-electron chi connectivity index (χ0n) is 17.3. The smallest absolute Gasteiger partial charge is 0.0543 e.